The molecule has 1 aromatic rings. The van der Waals surface area contributed by atoms with E-state index in [4.69, 9.17) is 4.74 Å². The molecule has 0 aliphatic heterocycles. The van der Waals surface area contributed by atoms with Crippen LogP contribution in [0, 0.1) is 0 Å². The maximum atomic E-state index is 11.3. The Labute approximate surface area is 99.7 Å². The Balaban J connectivity index is 2.57. The summed E-state index contributed by atoms with van der Waals surface area (Å²) in [4.78, 5) is 22.4. The predicted molar refractivity (Wildman–Crippen MR) is 62.9 cm³/mol. The number of hydrogen-bond acceptors (Lipinski definition) is 4. The molecule has 0 atom stereocenters. The van der Waals surface area contributed by atoms with Crippen molar-refractivity contribution in [3.63, 3.8) is 0 Å². The summed E-state index contributed by atoms with van der Waals surface area (Å²) >= 11 is 0. The molecule has 0 fully saturated rings. The fourth-order valence-corrected chi connectivity index (χ4v) is 1.18. The van der Waals surface area contributed by atoms with Crippen LogP contribution >= 0.6 is 0 Å². The van der Waals surface area contributed by atoms with Crippen LogP contribution in [-0.2, 0) is 14.3 Å². The van der Waals surface area contributed by atoms with Crippen LogP contribution in [0.25, 0.3) is 0 Å². The fourth-order valence-electron chi connectivity index (χ4n) is 1.18. The molecule has 0 aromatic heterocycles. The number of amides is 1. The summed E-state index contributed by atoms with van der Waals surface area (Å²) < 4.78 is 9.81. The zero-order valence-corrected chi connectivity index (χ0v) is 9.86. The third kappa shape index (κ3) is 4.14. The van der Waals surface area contributed by atoms with Crippen LogP contribution in [0.1, 0.15) is 13.8 Å². The van der Waals surface area contributed by atoms with Crippen molar-refractivity contribution in [2.45, 2.75) is 13.8 Å². The zero-order chi connectivity index (χ0) is 12.7. The lowest BCUT2D eigenvalue weighted by molar-refractivity contribution is -0.152. The van der Waals surface area contributed by atoms with Crippen molar-refractivity contribution in [1.82, 2.24) is 0 Å². The van der Waals surface area contributed by atoms with Crippen LogP contribution in [0.4, 0.5) is 5.69 Å². The molecule has 5 nitrogen and oxygen atoms in total. The van der Waals surface area contributed by atoms with Gasteiger partial charge in [0.2, 0.25) is 0 Å². The van der Waals surface area contributed by atoms with Crippen LogP contribution in [0.3, 0.4) is 0 Å². The second kappa shape index (κ2) is 6.52. The summed E-state index contributed by atoms with van der Waals surface area (Å²) in [5.41, 5.74) is 0.520. The number of anilines is 1. The summed E-state index contributed by atoms with van der Waals surface area (Å²) in [5.74, 6) is -0.959. The highest BCUT2D eigenvalue weighted by Crippen LogP contribution is 2.15. The monoisotopic (exact) mass is 237 g/mol. The van der Waals surface area contributed by atoms with Crippen molar-refractivity contribution >= 4 is 17.6 Å². The topological polar surface area (TPSA) is 64.6 Å². The molecule has 17 heavy (non-hydrogen) atoms. The highest BCUT2D eigenvalue weighted by atomic mass is 16.5. The smallest absolute Gasteiger partial charge is 0.397 e. The fraction of sp³-hybridized carbons (Fsp3) is 0.333. The standard InChI is InChI=1S/C12H15NO4/c1-3-16-10-7-5-9(6-8-10)13-11(14)12(15)17-4-2/h5-8H,3-4H2,1-2H3,(H,13,14). The molecule has 0 aliphatic carbocycles. The van der Waals surface area contributed by atoms with Crippen molar-refractivity contribution in [2.24, 2.45) is 0 Å². The number of hydrogen-bond donors (Lipinski definition) is 1. The first-order chi connectivity index (χ1) is 8.17. The van der Waals surface area contributed by atoms with E-state index in [1.165, 1.54) is 0 Å². The molecule has 1 aromatic carbocycles. The lowest BCUT2D eigenvalue weighted by atomic mass is 10.3. The molecule has 0 radical (unpaired) electrons. The van der Waals surface area contributed by atoms with E-state index >= 15 is 0 Å². The molecule has 0 saturated carbocycles. The predicted octanol–water partition coefficient (Wildman–Crippen LogP) is 1.59. The molecule has 1 N–H and O–H groups in total. The number of rotatable bonds is 4. The van der Waals surface area contributed by atoms with Crippen molar-refractivity contribution < 1.29 is 19.1 Å². The molecule has 0 heterocycles. The Morgan fingerprint density at radius 1 is 1.12 bits per heavy atom. The highest BCUT2D eigenvalue weighted by molar-refractivity contribution is 6.37. The number of ether oxygens (including phenoxy) is 2. The summed E-state index contributed by atoms with van der Waals surface area (Å²) in [6, 6.07) is 6.73. The van der Waals surface area contributed by atoms with E-state index in [9.17, 15) is 9.59 Å². The van der Waals surface area contributed by atoms with Crippen molar-refractivity contribution in [2.75, 3.05) is 18.5 Å². The van der Waals surface area contributed by atoms with Gasteiger partial charge in [-0.2, -0.15) is 0 Å². The minimum atomic E-state index is -0.888. The minimum Gasteiger partial charge on any atom is -0.494 e. The number of esters is 1. The molecule has 1 rings (SSSR count). The lowest BCUT2D eigenvalue weighted by Crippen LogP contribution is -2.24. The first kappa shape index (κ1) is 13.0. The molecule has 0 spiro atoms. The van der Waals surface area contributed by atoms with Crippen molar-refractivity contribution in [1.29, 1.82) is 0 Å². The Morgan fingerprint density at radius 3 is 2.29 bits per heavy atom. The second-order valence-electron chi connectivity index (χ2n) is 3.13. The molecule has 0 saturated heterocycles. The van der Waals surface area contributed by atoms with Gasteiger partial charge in [0.25, 0.3) is 0 Å². The second-order valence-corrected chi connectivity index (χ2v) is 3.13. The van der Waals surface area contributed by atoms with E-state index in [1.807, 2.05) is 6.92 Å². The van der Waals surface area contributed by atoms with Gasteiger partial charge in [0, 0.05) is 5.69 Å². The SMILES string of the molecule is CCOC(=O)C(=O)Nc1ccc(OCC)cc1. The van der Waals surface area contributed by atoms with E-state index in [0.29, 0.717) is 18.0 Å². The number of nitrogens with one attached hydrogen (secondary N) is 1. The summed E-state index contributed by atoms with van der Waals surface area (Å²) in [6.45, 7) is 4.28. The number of benzene rings is 1. The van der Waals surface area contributed by atoms with Gasteiger partial charge in [-0.25, -0.2) is 4.79 Å². The summed E-state index contributed by atoms with van der Waals surface area (Å²) in [7, 11) is 0. The van der Waals surface area contributed by atoms with E-state index in [1.54, 1.807) is 31.2 Å². The van der Waals surface area contributed by atoms with Crippen molar-refractivity contribution in [3.8, 4) is 5.75 Å². The van der Waals surface area contributed by atoms with Gasteiger partial charge < -0.3 is 14.8 Å². The van der Waals surface area contributed by atoms with Crippen LogP contribution in [0.15, 0.2) is 24.3 Å². The van der Waals surface area contributed by atoms with Gasteiger partial charge in [-0.3, -0.25) is 4.79 Å². The van der Waals surface area contributed by atoms with Crippen molar-refractivity contribution in [3.05, 3.63) is 24.3 Å². The molecule has 0 bridgehead atoms. The Kier molecular flexibility index (Phi) is 5.00. The van der Waals surface area contributed by atoms with Crippen LogP contribution in [-0.4, -0.2) is 25.1 Å². The molecular formula is C12H15NO4. The van der Waals surface area contributed by atoms with Crippen LogP contribution in [0.2, 0.25) is 0 Å². The van der Waals surface area contributed by atoms with Crippen LogP contribution < -0.4 is 10.1 Å². The average molecular weight is 237 g/mol. The molecular weight excluding hydrogens is 222 g/mol. The largest absolute Gasteiger partial charge is 0.494 e. The van der Waals surface area contributed by atoms with E-state index in [2.05, 4.69) is 10.1 Å². The van der Waals surface area contributed by atoms with E-state index in [-0.39, 0.29) is 6.61 Å². The molecule has 5 heteroatoms. The summed E-state index contributed by atoms with van der Waals surface area (Å²) in [6.07, 6.45) is 0. The molecule has 0 unspecified atom stereocenters. The van der Waals surface area contributed by atoms with Gasteiger partial charge in [-0.05, 0) is 38.1 Å². The third-order valence-corrected chi connectivity index (χ3v) is 1.88. The quantitative estimate of drug-likeness (QED) is 0.638. The van der Waals surface area contributed by atoms with Gasteiger partial charge in [-0.15, -0.1) is 0 Å². The molecule has 0 aliphatic rings. The van der Waals surface area contributed by atoms with Gasteiger partial charge in [0.15, 0.2) is 0 Å². The number of carbonyl (C=O) groups is 2. The van der Waals surface area contributed by atoms with Gasteiger partial charge in [-0.1, -0.05) is 0 Å². The van der Waals surface area contributed by atoms with Gasteiger partial charge >= 0.3 is 11.9 Å². The Morgan fingerprint density at radius 2 is 1.76 bits per heavy atom. The first-order valence-corrected chi connectivity index (χ1v) is 5.38. The highest BCUT2D eigenvalue weighted by Gasteiger charge is 2.14. The molecule has 92 valence electrons. The van der Waals surface area contributed by atoms with Gasteiger partial charge in [0.1, 0.15) is 5.75 Å². The first-order valence-electron chi connectivity index (χ1n) is 5.38. The zero-order valence-electron chi connectivity index (χ0n) is 9.86. The van der Waals surface area contributed by atoms with Gasteiger partial charge in [0.05, 0.1) is 13.2 Å². The third-order valence-electron chi connectivity index (χ3n) is 1.88. The normalized spacial score (nSPS) is 9.53. The van der Waals surface area contributed by atoms with E-state index < -0.39 is 11.9 Å². The Bertz CT molecular complexity index is 386. The maximum absolute atomic E-state index is 11.3. The maximum Gasteiger partial charge on any atom is 0.397 e. The summed E-state index contributed by atoms with van der Waals surface area (Å²) in [5, 5.41) is 2.43. The lowest BCUT2D eigenvalue weighted by Gasteiger charge is -2.06. The molecule has 1 amide bonds. The van der Waals surface area contributed by atoms with Crippen LogP contribution in [0.5, 0.6) is 5.75 Å². The Hall–Kier alpha value is -2.04. The average Bonchev–Trinajstić information content (AvgIpc) is 2.32. The number of carbonyl (C=O) groups excluding carboxylic acids is 2. The minimum absolute atomic E-state index is 0.176. The van der Waals surface area contributed by atoms with E-state index in [0.717, 1.165) is 0 Å².